The van der Waals surface area contributed by atoms with Gasteiger partial charge in [-0.3, -0.25) is 4.79 Å². The van der Waals surface area contributed by atoms with Gasteiger partial charge in [0.05, 0.1) is 6.54 Å². The Kier molecular flexibility index (Phi) is 8.75. The van der Waals surface area contributed by atoms with Gasteiger partial charge < -0.3 is 21.1 Å². The summed E-state index contributed by atoms with van der Waals surface area (Å²) in [6.07, 6.45) is 2.62. The largest absolute Gasteiger partial charge is 0.484 e. The SMILES string of the molecule is CCNC(=NCc1cccc(OCC(N)=O)c1)NCC1CC1.I. The Hall–Kier alpha value is -1.51. The van der Waals surface area contributed by atoms with Crippen LogP contribution < -0.4 is 21.1 Å². The fourth-order valence-corrected chi connectivity index (χ4v) is 1.96. The maximum Gasteiger partial charge on any atom is 0.255 e. The third-order valence-corrected chi connectivity index (χ3v) is 3.30. The van der Waals surface area contributed by atoms with Crippen LogP contribution in [0.3, 0.4) is 0 Å². The lowest BCUT2D eigenvalue weighted by Crippen LogP contribution is -2.38. The van der Waals surface area contributed by atoms with E-state index in [1.807, 2.05) is 25.1 Å². The predicted molar refractivity (Wildman–Crippen MR) is 102 cm³/mol. The van der Waals surface area contributed by atoms with E-state index in [4.69, 9.17) is 10.5 Å². The molecule has 1 aromatic carbocycles. The first-order valence-electron chi connectivity index (χ1n) is 7.69. The zero-order chi connectivity index (χ0) is 15.8. The van der Waals surface area contributed by atoms with Gasteiger partial charge in [-0.2, -0.15) is 0 Å². The van der Waals surface area contributed by atoms with E-state index in [9.17, 15) is 4.79 Å². The van der Waals surface area contributed by atoms with Crippen LogP contribution in [0.5, 0.6) is 5.75 Å². The van der Waals surface area contributed by atoms with Crippen LogP contribution in [0.15, 0.2) is 29.3 Å². The van der Waals surface area contributed by atoms with Crippen molar-refractivity contribution in [1.29, 1.82) is 0 Å². The first-order chi connectivity index (χ1) is 10.7. The molecule has 0 bridgehead atoms. The summed E-state index contributed by atoms with van der Waals surface area (Å²) in [5.41, 5.74) is 6.09. The van der Waals surface area contributed by atoms with Gasteiger partial charge in [-0.25, -0.2) is 4.99 Å². The fraction of sp³-hybridized carbons (Fsp3) is 0.500. The molecule has 0 unspecified atom stereocenters. The van der Waals surface area contributed by atoms with Crippen LogP contribution in [0, 0.1) is 5.92 Å². The minimum atomic E-state index is -0.484. The molecule has 1 saturated carbocycles. The summed E-state index contributed by atoms with van der Waals surface area (Å²) >= 11 is 0. The smallest absolute Gasteiger partial charge is 0.255 e. The van der Waals surface area contributed by atoms with Crippen molar-refractivity contribution in [3.8, 4) is 5.75 Å². The second kappa shape index (κ2) is 10.3. The molecule has 1 amide bonds. The summed E-state index contributed by atoms with van der Waals surface area (Å²) < 4.78 is 5.30. The van der Waals surface area contributed by atoms with Crippen molar-refractivity contribution in [2.24, 2.45) is 16.6 Å². The van der Waals surface area contributed by atoms with Crippen molar-refractivity contribution in [2.75, 3.05) is 19.7 Å². The molecule has 0 atom stereocenters. The minimum Gasteiger partial charge on any atom is -0.484 e. The lowest BCUT2D eigenvalue weighted by Gasteiger charge is -2.11. The van der Waals surface area contributed by atoms with Crippen LogP contribution in [0.1, 0.15) is 25.3 Å². The van der Waals surface area contributed by atoms with Crippen LogP contribution in [-0.4, -0.2) is 31.6 Å². The molecule has 2 rings (SSSR count). The maximum absolute atomic E-state index is 10.7. The number of rotatable bonds is 8. The number of carbonyl (C=O) groups is 1. The third kappa shape index (κ3) is 8.06. The molecule has 0 radical (unpaired) electrons. The average Bonchev–Trinajstić information content (AvgIpc) is 3.33. The second-order valence-electron chi connectivity index (χ2n) is 5.42. The van der Waals surface area contributed by atoms with E-state index in [1.54, 1.807) is 6.07 Å². The van der Waals surface area contributed by atoms with Crippen molar-refractivity contribution in [3.05, 3.63) is 29.8 Å². The molecular weight excluding hydrogens is 407 g/mol. The van der Waals surface area contributed by atoms with E-state index < -0.39 is 5.91 Å². The van der Waals surface area contributed by atoms with Crippen molar-refractivity contribution < 1.29 is 9.53 Å². The number of primary amides is 1. The van der Waals surface area contributed by atoms with Crippen LogP contribution in [0.4, 0.5) is 0 Å². The highest BCUT2D eigenvalue weighted by molar-refractivity contribution is 14.0. The quantitative estimate of drug-likeness (QED) is 0.331. The number of amides is 1. The average molecular weight is 432 g/mol. The molecule has 0 aromatic heterocycles. The molecule has 0 aliphatic heterocycles. The number of ether oxygens (including phenoxy) is 1. The van der Waals surface area contributed by atoms with Gasteiger partial charge in [-0.1, -0.05) is 12.1 Å². The number of aliphatic imine (C=N–C) groups is 1. The van der Waals surface area contributed by atoms with Gasteiger partial charge >= 0.3 is 0 Å². The van der Waals surface area contributed by atoms with E-state index in [0.717, 1.165) is 30.5 Å². The Morgan fingerprint density at radius 2 is 2.17 bits per heavy atom. The van der Waals surface area contributed by atoms with E-state index in [-0.39, 0.29) is 30.6 Å². The molecule has 7 heteroatoms. The monoisotopic (exact) mass is 432 g/mol. The number of benzene rings is 1. The minimum absolute atomic E-state index is 0. The molecule has 0 heterocycles. The Morgan fingerprint density at radius 1 is 1.39 bits per heavy atom. The van der Waals surface area contributed by atoms with Crippen LogP contribution in [0.25, 0.3) is 0 Å². The Labute approximate surface area is 154 Å². The summed E-state index contributed by atoms with van der Waals surface area (Å²) in [7, 11) is 0. The Bertz CT molecular complexity index is 533. The number of hydrogen-bond donors (Lipinski definition) is 3. The summed E-state index contributed by atoms with van der Waals surface area (Å²) in [6, 6.07) is 7.53. The fourth-order valence-electron chi connectivity index (χ4n) is 1.96. The molecule has 128 valence electrons. The lowest BCUT2D eigenvalue weighted by atomic mass is 10.2. The van der Waals surface area contributed by atoms with Gasteiger partial charge in [0.2, 0.25) is 0 Å². The first-order valence-corrected chi connectivity index (χ1v) is 7.69. The Morgan fingerprint density at radius 3 is 2.83 bits per heavy atom. The highest BCUT2D eigenvalue weighted by Gasteiger charge is 2.20. The van der Waals surface area contributed by atoms with Crippen LogP contribution in [0.2, 0.25) is 0 Å². The molecule has 1 fully saturated rings. The first kappa shape index (κ1) is 19.5. The molecule has 0 spiro atoms. The van der Waals surface area contributed by atoms with Gasteiger partial charge in [-0.05, 0) is 43.4 Å². The Balaban J connectivity index is 0.00000264. The number of carbonyl (C=O) groups excluding carboxylic acids is 1. The molecule has 1 aliphatic rings. The van der Waals surface area contributed by atoms with Crippen molar-refractivity contribution in [1.82, 2.24) is 10.6 Å². The molecule has 1 aliphatic carbocycles. The lowest BCUT2D eigenvalue weighted by molar-refractivity contribution is -0.119. The highest BCUT2D eigenvalue weighted by Crippen LogP contribution is 2.27. The van der Waals surface area contributed by atoms with E-state index in [0.29, 0.717) is 12.3 Å². The number of hydrogen-bond acceptors (Lipinski definition) is 3. The molecule has 0 saturated heterocycles. The summed E-state index contributed by atoms with van der Waals surface area (Å²) in [6.45, 7) is 4.30. The zero-order valence-corrected chi connectivity index (χ0v) is 15.7. The maximum atomic E-state index is 10.7. The van der Waals surface area contributed by atoms with E-state index in [1.165, 1.54) is 12.8 Å². The number of halogens is 1. The summed E-state index contributed by atoms with van der Waals surface area (Å²) in [5, 5.41) is 6.59. The van der Waals surface area contributed by atoms with Gasteiger partial charge in [0.25, 0.3) is 5.91 Å². The molecule has 6 nitrogen and oxygen atoms in total. The van der Waals surface area contributed by atoms with Crippen LogP contribution in [-0.2, 0) is 11.3 Å². The number of nitrogens with two attached hydrogens (primary N) is 1. The van der Waals surface area contributed by atoms with Gasteiger partial charge in [0, 0.05) is 13.1 Å². The summed E-state index contributed by atoms with van der Waals surface area (Å²) in [4.78, 5) is 15.3. The molecular formula is C16H25IN4O2. The number of nitrogens with one attached hydrogen (secondary N) is 2. The zero-order valence-electron chi connectivity index (χ0n) is 13.4. The van der Waals surface area contributed by atoms with Crippen LogP contribution >= 0.6 is 24.0 Å². The predicted octanol–water partition coefficient (Wildman–Crippen LogP) is 1.63. The van der Waals surface area contributed by atoms with Crippen molar-refractivity contribution >= 4 is 35.8 Å². The highest BCUT2D eigenvalue weighted by atomic mass is 127. The van der Waals surface area contributed by atoms with Gasteiger partial charge in [0.15, 0.2) is 12.6 Å². The van der Waals surface area contributed by atoms with Crippen molar-refractivity contribution in [3.63, 3.8) is 0 Å². The summed E-state index contributed by atoms with van der Waals surface area (Å²) in [5.74, 6) is 1.77. The number of nitrogens with zero attached hydrogens (tertiary/aromatic N) is 1. The second-order valence-corrected chi connectivity index (χ2v) is 5.42. The third-order valence-electron chi connectivity index (χ3n) is 3.30. The molecule has 4 N–H and O–H groups in total. The van der Waals surface area contributed by atoms with Gasteiger partial charge in [0.1, 0.15) is 5.75 Å². The normalized spacial score (nSPS) is 13.9. The standard InChI is InChI=1S/C16H24N4O2.HI/c1-2-18-16(19-9-12-6-7-12)20-10-13-4-3-5-14(8-13)22-11-15(17)21;/h3-5,8,12H,2,6-7,9-11H2,1H3,(H2,17,21)(H2,18,19,20);1H. The van der Waals surface area contributed by atoms with Gasteiger partial charge in [-0.15, -0.1) is 24.0 Å². The number of guanidine groups is 1. The molecule has 23 heavy (non-hydrogen) atoms. The van der Waals surface area contributed by atoms with E-state index >= 15 is 0 Å². The van der Waals surface area contributed by atoms with E-state index in [2.05, 4.69) is 15.6 Å². The molecule has 1 aromatic rings. The van der Waals surface area contributed by atoms with Crippen molar-refractivity contribution in [2.45, 2.75) is 26.3 Å². The topological polar surface area (TPSA) is 88.7 Å².